The van der Waals surface area contributed by atoms with Crippen molar-refractivity contribution in [1.82, 2.24) is 14.9 Å². The molecule has 0 spiro atoms. The molecule has 1 aromatic carbocycles. The number of alkyl halides is 3. The van der Waals surface area contributed by atoms with Crippen LogP contribution in [0.25, 0.3) is 0 Å². The van der Waals surface area contributed by atoms with E-state index in [0.717, 1.165) is 29.0 Å². The van der Waals surface area contributed by atoms with Gasteiger partial charge in [0, 0.05) is 54.1 Å². The van der Waals surface area contributed by atoms with Crippen LogP contribution >= 0.6 is 11.3 Å². The summed E-state index contributed by atoms with van der Waals surface area (Å²) in [7, 11) is -4.27. The van der Waals surface area contributed by atoms with Crippen LogP contribution in [-0.2, 0) is 16.4 Å². The average Bonchev–Trinajstić information content (AvgIpc) is 3.36. The summed E-state index contributed by atoms with van der Waals surface area (Å²) in [6.45, 7) is 0.397. The molecule has 0 radical (unpaired) electrons. The van der Waals surface area contributed by atoms with Crippen molar-refractivity contribution in [2.45, 2.75) is 48.8 Å². The third-order valence-corrected chi connectivity index (χ3v) is 9.01. The van der Waals surface area contributed by atoms with E-state index in [1.54, 1.807) is 23.8 Å². The molecule has 3 atom stereocenters. The van der Waals surface area contributed by atoms with Gasteiger partial charge in [-0.15, -0.1) is 11.3 Å². The number of thiazole rings is 1. The van der Waals surface area contributed by atoms with Crippen molar-refractivity contribution in [2.24, 2.45) is 5.92 Å². The van der Waals surface area contributed by atoms with Gasteiger partial charge in [0.15, 0.2) is 5.13 Å². The standard InChI is InChI=1S/C24H24F4N4O3S2/c25-19-12-18-20(4-8-35-21(18)13-22(19)37(33,34)31-23-30-6-9-36-23)32-7-3-16(24(26,27)28)11-17(32)10-15-2-1-5-29-14-15/h1-2,5-6,9,12-14,16-17,20H,3-4,7-8,10-11H2,(H,30,31)/t16?,17-,20-/m1/s1. The number of sulfonamides is 1. The lowest BCUT2D eigenvalue weighted by Crippen LogP contribution is -2.49. The highest BCUT2D eigenvalue weighted by molar-refractivity contribution is 7.93. The molecule has 0 saturated carbocycles. The van der Waals surface area contributed by atoms with E-state index in [1.165, 1.54) is 6.20 Å². The molecule has 2 aliphatic rings. The van der Waals surface area contributed by atoms with Crippen molar-refractivity contribution in [3.63, 3.8) is 0 Å². The molecular weight excluding hydrogens is 532 g/mol. The Kier molecular flexibility index (Phi) is 7.12. The fraction of sp³-hybridized carbons (Fsp3) is 0.417. The molecule has 1 N–H and O–H groups in total. The van der Waals surface area contributed by atoms with E-state index in [9.17, 15) is 21.6 Å². The predicted octanol–water partition coefficient (Wildman–Crippen LogP) is 5.19. The van der Waals surface area contributed by atoms with Crippen molar-refractivity contribution >= 4 is 26.5 Å². The first-order chi connectivity index (χ1) is 17.6. The number of pyridine rings is 1. The van der Waals surface area contributed by atoms with Gasteiger partial charge in [-0.1, -0.05) is 6.07 Å². The first-order valence-corrected chi connectivity index (χ1v) is 14.1. The minimum absolute atomic E-state index is 0.0631. The van der Waals surface area contributed by atoms with E-state index in [2.05, 4.69) is 14.7 Å². The molecule has 13 heteroatoms. The Labute approximate surface area is 215 Å². The van der Waals surface area contributed by atoms with Crippen LogP contribution in [0.2, 0.25) is 0 Å². The average molecular weight is 557 g/mol. The van der Waals surface area contributed by atoms with E-state index >= 15 is 4.39 Å². The van der Waals surface area contributed by atoms with Gasteiger partial charge in [-0.3, -0.25) is 14.6 Å². The predicted molar refractivity (Wildman–Crippen MR) is 129 cm³/mol. The highest BCUT2D eigenvalue weighted by Crippen LogP contribution is 2.45. The highest BCUT2D eigenvalue weighted by atomic mass is 32.2. The summed E-state index contributed by atoms with van der Waals surface area (Å²) >= 11 is 1.05. The lowest BCUT2D eigenvalue weighted by molar-refractivity contribution is -0.192. The molecule has 4 heterocycles. The van der Waals surface area contributed by atoms with Gasteiger partial charge in [0.05, 0.1) is 12.5 Å². The minimum Gasteiger partial charge on any atom is -0.493 e. The van der Waals surface area contributed by atoms with Gasteiger partial charge in [0.1, 0.15) is 16.5 Å². The van der Waals surface area contributed by atoms with Crippen molar-refractivity contribution < 1.29 is 30.7 Å². The molecule has 2 aliphatic heterocycles. The van der Waals surface area contributed by atoms with Crippen molar-refractivity contribution in [3.8, 4) is 5.75 Å². The Hall–Kier alpha value is -2.77. The Morgan fingerprint density at radius 1 is 1.22 bits per heavy atom. The molecule has 1 unspecified atom stereocenters. The lowest BCUT2D eigenvalue weighted by atomic mass is 9.84. The van der Waals surface area contributed by atoms with Crippen molar-refractivity contribution in [2.75, 3.05) is 17.9 Å². The van der Waals surface area contributed by atoms with Crippen LogP contribution < -0.4 is 9.46 Å². The largest absolute Gasteiger partial charge is 0.493 e. The summed E-state index contributed by atoms with van der Waals surface area (Å²) in [6.07, 6.45) is 1.02. The smallest absolute Gasteiger partial charge is 0.391 e. The zero-order valence-electron chi connectivity index (χ0n) is 19.5. The van der Waals surface area contributed by atoms with Crippen LogP contribution in [0.1, 0.15) is 36.4 Å². The molecular formula is C24H24F4N4O3S2. The van der Waals surface area contributed by atoms with Crippen molar-refractivity contribution in [3.05, 3.63) is 65.2 Å². The normalized spacial score (nSPS) is 22.8. The molecule has 5 rings (SSSR count). The van der Waals surface area contributed by atoms with Crippen LogP contribution in [0.15, 0.2) is 53.1 Å². The number of anilines is 1. The van der Waals surface area contributed by atoms with Crippen LogP contribution in [0.4, 0.5) is 22.7 Å². The van der Waals surface area contributed by atoms with Gasteiger partial charge < -0.3 is 4.74 Å². The number of hydrogen-bond donors (Lipinski definition) is 1. The number of ether oxygens (including phenoxy) is 1. The molecule has 7 nitrogen and oxygen atoms in total. The monoisotopic (exact) mass is 556 g/mol. The zero-order chi connectivity index (χ0) is 26.2. The number of benzene rings is 1. The Balaban J connectivity index is 1.46. The molecule has 37 heavy (non-hydrogen) atoms. The number of piperidine rings is 1. The van der Waals surface area contributed by atoms with Gasteiger partial charge in [0.25, 0.3) is 10.0 Å². The summed E-state index contributed by atoms with van der Waals surface area (Å²) < 4.78 is 89.7. The fourth-order valence-corrected chi connectivity index (χ4v) is 7.00. The zero-order valence-corrected chi connectivity index (χ0v) is 21.1. The van der Waals surface area contributed by atoms with E-state index in [1.807, 2.05) is 11.0 Å². The summed E-state index contributed by atoms with van der Waals surface area (Å²) in [5.74, 6) is -2.19. The van der Waals surface area contributed by atoms with Crippen LogP contribution in [0, 0.1) is 11.7 Å². The number of likely N-dealkylation sites (tertiary alicyclic amines) is 1. The third kappa shape index (κ3) is 5.58. The second kappa shape index (κ2) is 10.2. The number of nitrogens with zero attached hydrogens (tertiary/aromatic N) is 3. The van der Waals surface area contributed by atoms with E-state index in [0.29, 0.717) is 18.4 Å². The van der Waals surface area contributed by atoms with Crippen molar-refractivity contribution in [1.29, 1.82) is 0 Å². The van der Waals surface area contributed by atoms with E-state index < -0.39 is 44.9 Å². The summed E-state index contributed by atoms with van der Waals surface area (Å²) in [5.41, 5.74) is 1.24. The number of aromatic nitrogens is 2. The molecule has 2 aromatic heterocycles. The number of fused-ring (bicyclic) bond motifs is 1. The Morgan fingerprint density at radius 3 is 2.76 bits per heavy atom. The third-order valence-electron chi connectivity index (χ3n) is 6.83. The quantitative estimate of drug-likeness (QED) is 0.421. The lowest BCUT2D eigenvalue weighted by Gasteiger charge is -2.46. The maximum absolute atomic E-state index is 15.2. The second-order valence-corrected chi connectivity index (χ2v) is 11.7. The van der Waals surface area contributed by atoms with Crippen LogP contribution in [0.5, 0.6) is 5.75 Å². The highest BCUT2D eigenvalue weighted by Gasteiger charge is 2.46. The first-order valence-electron chi connectivity index (χ1n) is 11.7. The SMILES string of the molecule is O=S(=O)(Nc1nccs1)c1cc2c(cc1F)[C@H](N1CCC(C(F)(F)F)C[C@H]1Cc1cccnc1)CCO2. The van der Waals surface area contributed by atoms with E-state index in [-0.39, 0.29) is 36.9 Å². The fourth-order valence-electron chi connectivity index (χ4n) is 5.13. The molecule has 1 saturated heterocycles. The molecule has 198 valence electrons. The van der Waals surface area contributed by atoms with Gasteiger partial charge in [-0.25, -0.2) is 17.8 Å². The minimum atomic E-state index is -4.30. The number of hydrogen-bond acceptors (Lipinski definition) is 7. The van der Waals surface area contributed by atoms with E-state index in [4.69, 9.17) is 4.74 Å². The Bertz CT molecular complexity index is 1340. The molecule has 0 bridgehead atoms. The number of halogens is 4. The van der Waals surface area contributed by atoms with Gasteiger partial charge in [-0.05, 0) is 43.5 Å². The van der Waals surface area contributed by atoms with Crippen LogP contribution in [-0.4, -0.2) is 48.7 Å². The second-order valence-electron chi connectivity index (χ2n) is 9.14. The molecule has 1 fully saturated rings. The molecule has 0 amide bonds. The molecule has 3 aromatic rings. The summed E-state index contributed by atoms with van der Waals surface area (Å²) in [5, 5.41) is 1.68. The van der Waals surface area contributed by atoms with Gasteiger partial charge in [-0.2, -0.15) is 13.2 Å². The Morgan fingerprint density at radius 2 is 2.05 bits per heavy atom. The van der Waals surface area contributed by atoms with Gasteiger partial charge in [0.2, 0.25) is 0 Å². The maximum atomic E-state index is 15.2. The topological polar surface area (TPSA) is 84.4 Å². The van der Waals surface area contributed by atoms with Crippen LogP contribution in [0.3, 0.4) is 0 Å². The first kappa shape index (κ1) is 25.9. The number of rotatable bonds is 6. The maximum Gasteiger partial charge on any atom is 0.391 e. The van der Waals surface area contributed by atoms with Gasteiger partial charge >= 0.3 is 6.18 Å². The number of nitrogens with one attached hydrogen (secondary N) is 1. The summed E-state index contributed by atoms with van der Waals surface area (Å²) in [6, 6.07) is 4.96. The summed E-state index contributed by atoms with van der Waals surface area (Å²) in [4.78, 5) is 9.36. The molecule has 0 aliphatic carbocycles.